The van der Waals surface area contributed by atoms with E-state index in [2.05, 4.69) is 20.9 Å². The molecule has 2 aromatic heterocycles. The molecule has 2 heterocycles. The number of carbonyl (C=O) groups excluding carboxylic acids is 3. The van der Waals surface area contributed by atoms with Gasteiger partial charge in [-0.1, -0.05) is 42.5 Å². The molecular weight excluding hydrogens is 510 g/mol. The van der Waals surface area contributed by atoms with Gasteiger partial charge in [0.25, 0.3) is 0 Å². The standard InChI is InChI=1S/C30H33N5O5/c1-20(36)33-23-12-9-22(10-13-23)18-31-24-17-25-27(34-26(37)14-11-21-7-5-4-6-8-21)28(30(38)40-3)35(15-16-39-2)29(25)32-19-24/h4-10,12-13,17,19,31H,11,14-16,18H2,1-3H3,(H,33,36)(H,34,37). The van der Waals surface area contributed by atoms with E-state index in [4.69, 9.17) is 9.47 Å². The molecule has 40 heavy (non-hydrogen) atoms. The maximum Gasteiger partial charge on any atom is 0.356 e. The van der Waals surface area contributed by atoms with Crippen LogP contribution < -0.4 is 16.0 Å². The molecule has 0 aliphatic rings. The van der Waals surface area contributed by atoms with E-state index in [1.54, 1.807) is 17.9 Å². The van der Waals surface area contributed by atoms with E-state index in [0.29, 0.717) is 48.5 Å². The van der Waals surface area contributed by atoms with E-state index in [9.17, 15) is 14.4 Å². The summed E-state index contributed by atoms with van der Waals surface area (Å²) in [6.45, 7) is 2.65. The molecule has 2 amide bonds. The van der Waals surface area contributed by atoms with Crippen molar-refractivity contribution < 1.29 is 23.9 Å². The highest BCUT2D eigenvalue weighted by molar-refractivity contribution is 6.11. The molecule has 3 N–H and O–H groups in total. The summed E-state index contributed by atoms with van der Waals surface area (Å²) in [6, 6.07) is 19.1. The van der Waals surface area contributed by atoms with Crippen molar-refractivity contribution in [2.24, 2.45) is 0 Å². The number of aryl methyl sites for hydroxylation is 1. The van der Waals surface area contributed by atoms with E-state index < -0.39 is 5.97 Å². The van der Waals surface area contributed by atoms with Crippen molar-refractivity contribution in [2.75, 3.05) is 36.8 Å². The van der Waals surface area contributed by atoms with Crippen molar-refractivity contribution in [1.82, 2.24) is 9.55 Å². The van der Waals surface area contributed by atoms with Gasteiger partial charge in [-0.3, -0.25) is 9.59 Å². The number of methoxy groups -OCH3 is 2. The average Bonchev–Trinajstić information content (AvgIpc) is 3.26. The SMILES string of the molecule is COCCn1c(C(=O)OC)c(NC(=O)CCc2ccccc2)c2cc(NCc3ccc(NC(C)=O)cc3)cnc21. The molecule has 0 unspecified atom stereocenters. The lowest BCUT2D eigenvalue weighted by atomic mass is 10.1. The summed E-state index contributed by atoms with van der Waals surface area (Å²) in [6.07, 6.45) is 2.49. The van der Waals surface area contributed by atoms with Crippen LogP contribution in [0.1, 0.15) is 35.0 Å². The number of nitrogens with zero attached hydrogens (tertiary/aromatic N) is 2. The molecule has 4 aromatic rings. The minimum atomic E-state index is -0.582. The molecule has 0 saturated heterocycles. The number of benzene rings is 2. The predicted octanol–water partition coefficient (Wildman–Crippen LogP) is 4.61. The molecule has 0 saturated carbocycles. The second kappa shape index (κ2) is 13.4. The van der Waals surface area contributed by atoms with Crippen LogP contribution in [0.3, 0.4) is 0 Å². The molecule has 0 atom stereocenters. The van der Waals surface area contributed by atoms with Gasteiger partial charge in [-0.25, -0.2) is 9.78 Å². The largest absolute Gasteiger partial charge is 0.464 e. The molecule has 0 aliphatic heterocycles. The van der Waals surface area contributed by atoms with Crippen LogP contribution in [-0.2, 0) is 38.6 Å². The van der Waals surface area contributed by atoms with Gasteiger partial charge in [-0.05, 0) is 35.7 Å². The molecule has 208 valence electrons. The van der Waals surface area contributed by atoms with Crippen LogP contribution in [-0.4, -0.2) is 48.2 Å². The average molecular weight is 544 g/mol. The quantitative estimate of drug-likeness (QED) is 0.223. The Bertz CT molecular complexity index is 1480. The van der Waals surface area contributed by atoms with Gasteiger partial charge in [0.15, 0.2) is 5.69 Å². The zero-order valence-corrected chi connectivity index (χ0v) is 22.8. The molecular formula is C30H33N5O5. The van der Waals surface area contributed by atoms with Gasteiger partial charge < -0.3 is 30.0 Å². The van der Waals surface area contributed by atoms with E-state index in [1.807, 2.05) is 60.7 Å². The van der Waals surface area contributed by atoms with Gasteiger partial charge in [0.05, 0.1) is 31.3 Å². The topological polar surface area (TPSA) is 124 Å². The smallest absolute Gasteiger partial charge is 0.356 e. The van der Waals surface area contributed by atoms with Crippen molar-refractivity contribution >= 4 is 45.9 Å². The first-order valence-corrected chi connectivity index (χ1v) is 12.9. The molecule has 0 fully saturated rings. The Kier molecular flexibility index (Phi) is 9.48. The van der Waals surface area contributed by atoms with Crippen molar-refractivity contribution in [3.8, 4) is 0 Å². The summed E-state index contributed by atoms with van der Waals surface area (Å²) in [5, 5.41) is 9.65. The molecule has 0 aliphatic carbocycles. The monoisotopic (exact) mass is 543 g/mol. The number of ether oxygens (including phenoxy) is 2. The lowest BCUT2D eigenvalue weighted by molar-refractivity contribution is -0.116. The number of hydrogen-bond acceptors (Lipinski definition) is 7. The number of aromatic nitrogens is 2. The minimum absolute atomic E-state index is 0.128. The fourth-order valence-electron chi connectivity index (χ4n) is 4.38. The zero-order chi connectivity index (χ0) is 28.5. The van der Waals surface area contributed by atoms with Gasteiger partial charge in [-0.15, -0.1) is 0 Å². The summed E-state index contributed by atoms with van der Waals surface area (Å²) in [5.41, 5.74) is 4.56. The Morgan fingerprint density at radius 3 is 2.35 bits per heavy atom. The lowest BCUT2D eigenvalue weighted by Gasteiger charge is -2.10. The molecule has 0 radical (unpaired) electrons. The molecule has 0 bridgehead atoms. The first-order valence-electron chi connectivity index (χ1n) is 12.9. The van der Waals surface area contributed by atoms with E-state index in [0.717, 1.165) is 16.8 Å². The Labute approximate surface area is 232 Å². The van der Waals surface area contributed by atoms with E-state index in [-0.39, 0.29) is 23.9 Å². The van der Waals surface area contributed by atoms with Crippen molar-refractivity contribution in [2.45, 2.75) is 32.9 Å². The lowest BCUT2D eigenvalue weighted by Crippen LogP contribution is -2.18. The Hall–Kier alpha value is -4.70. The van der Waals surface area contributed by atoms with Crippen LogP contribution in [0, 0.1) is 0 Å². The summed E-state index contributed by atoms with van der Waals surface area (Å²) < 4.78 is 12.1. The van der Waals surface area contributed by atoms with Gasteiger partial charge >= 0.3 is 5.97 Å². The van der Waals surface area contributed by atoms with Crippen LogP contribution in [0.15, 0.2) is 66.9 Å². The number of nitrogens with one attached hydrogen (secondary N) is 3. The first kappa shape index (κ1) is 28.3. The summed E-state index contributed by atoms with van der Waals surface area (Å²) in [4.78, 5) is 41.9. The Balaban J connectivity index is 1.62. The molecule has 10 nitrogen and oxygen atoms in total. The van der Waals surface area contributed by atoms with Gasteiger partial charge in [0.2, 0.25) is 11.8 Å². The Morgan fingerprint density at radius 1 is 0.925 bits per heavy atom. The number of hydrogen-bond donors (Lipinski definition) is 3. The zero-order valence-electron chi connectivity index (χ0n) is 22.8. The second-order valence-corrected chi connectivity index (χ2v) is 9.22. The maximum absolute atomic E-state index is 13.0. The number of pyridine rings is 1. The second-order valence-electron chi connectivity index (χ2n) is 9.22. The summed E-state index contributed by atoms with van der Waals surface area (Å²) in [7, 11) is 2.88. The number of esters is 1. The van der Waals surface area contributed by atoms with Crippen LogP contribution in [0.5, 0.6) is 0 Å². The fourth-order valence-corrected chi connectivity index (χ4v) is 4.38. The molecule has 10 heteroatoms. The van der Waals surface area contributed by atoms with E-state index in [1.165, 1.54) is 14.0 Å². The molecule has 2 aromatic carbocycles. The third kappa shape index (κ3) is 7.03. The minimum Gasteiger partial charge on any atom is -0.464 e. The van der Waals surface area contributed by atoms with Crippen LogP contribution in [0.4, 0.5) is 17.1 Å². The predicted molar refractivity (Wildman–Crippen MR) is 154 cm³/mol. The number of carbonyl (C=O) groups is 3. The van der Waals surface area contributed by atoms with Crippen molar-refractivity contribution in [3.63, 3.8) is 0 Å². The first-order chi connectivity index (χ1) is 19.4. The van der Waals surface area contributed by atoms with Crippen LogP contribution >= 0.6 is 0 Å². The number of rotatable bonds is 12. The van der Waals surface area contributed by atoms with Gasteiger partial charge in [0, 0.05) is 44.6 Å². The number of fused-ring (bicyclic) bond motifs is 1. The molecule has 0 spiro atoms. The fraction of sp³-hybridized carbons (Fsp3) is 0.267. The van der Waals surface area contributed by atoms with Gasteiger partial charge in [-0.2, -0.15) is 0 Å². The highest BCUT2D eigenvalue weighted by Gasteiger charge is 2.26. The normalized spacial score (nSPS) is 10.8. The van der Waals surface area contributed by atoms with Crippen LogP contribution in [0.2, 0.25) is 0 Å². The highest BCUT2D eigenvalue weighted by Crippen LogP contribution is 2.33. The summed E-state index contributed by atoms with van der Waals surface area (Å²) >= 11 is 0. The number of amides is 2. The maximum atomic E-state index is 13.0. The third-order valence-corrected chi connectivity index (χ3v) is 6.32. The van der Waals surface area contributed by atoms with Crippen LogP contribution in [0.25, 0.3) is 11.0 Å². The molecule has 4 rings (SSSR count). The van der Waals surface area contributed by atoms with Crippen molar-refractivity contribution in [1.29, 1.82) is 0 Å². The summed E-state index contributed by atoms with van der Waals surface area (Å²) in [5.74, 6) is -0.935. The Morgan fingerprint density at radius 2 is 1.68 bits per heavy atom. The number of anilines is 3. The van der Waals surface area contributed by atoms with E-state index >= 15 is 0 Å². The van der Waals surface area contributed by atoms with Gasteiger partial charge in [0.1, 0.15) is 5.65 Å². The highest BCUT2D eigenvalue weighted by atomic mass is 16.5. The third-order valence-electron chi connectivity index (χ3n) is 6.32. The van der Waals surface area contributed by atoms with Crippen molar-refractivity contribution in [3.05, 3.63) is 83.7 Å².